The number of phenolic OH excluding ortho intramolecular Hbond substituents is 2. The van der Waals surface area contributed by atoms with Gasteiger partial charge in [-0.25, -0.2) is 0 Å². The van der Waals surface area contributed by atoms with E-state index in [0.717, 1.165) is 37.1 Å². The zero-order chi connectivity index (χ0) is 12.3. The summed E-state index contributed by atoms with van der Waals surface area (Å²) in [5.74, 6) is 1.03. The lowest BCUT2D eigenvalue weighted by molar-refractivity contribution is 0.368. The highest BCUT2D eigenvalue weighted by Gasteiger charge is 2.16. The van der Waals surface area contributed by atoms with E-state index in [-0.39, 0.29) is 11.5 Å². The van der Waals surface area contributed by atoms with Crippen molar-refractivity contribution in [1.82, 2.24) is 5.32 Å². The van der Waals surface area contributed by atoms with Crippen molar-refractivity contribution >= 4 is 0 Å². The van der Waals surface area contributed by atoms with E-state index >= 15 is 0 Å². The number of rotatable bonds is 3. The van der Waals surface area contributed by atoms with E-state index in [9.17, 15) is 10.2 Å². The van der Waals surface area contributed by atoms with Gasteiger partial charge in [0.25, 0.3) is 0 Å². The van der Waals surface area contributed by atoms with Gasteiger partial charge in [0.1, 0.15) is 11.5 Å². The third kappa shape index (κ3) is 2.91. The van der Waals surface area contributed by atoms with E-state index in [4.69, 9.17) is 0 Å². The highest BCUT2D eigenvalue weighted by Crippen LogP contribution is 2.30. The van der Waals surface area contributed by atoms with E-state index in [1.165, 1.54) is 18.9 Å². The Morgan fingerprint density at radius 3 is 2.65 bits per heavy atom. The van der Waals surface area contributed by atoms with E-state index in [0.29, 0.717) is 5.92 Å². The minimum absolute atomic E-state index is 0.204. The van der Waals surface area contributed by atoms with Crippen LogP contribution in [0.1, 0.15) is 30.9 Å². The molecule has 0 amide bonds. The van der Waals surface area contributed by atoms with E-state index in [2.05, 4.69) is 5.32 Å². The zero-order valence-corrected chi connectivity index (χ0v) is 10.4. The van der Waals surface area contributed by atoms with Crippen LogP contribution in [0, 0.1) is 5.92 Å². The molecule has 1 aliphatic heterocycles. The van der Waals surface area contributed by atoms with E-state index < -0.39 is 0 Å². The van der Waals surface area contributed by atoms with Gasteiger partial charge in [-0.15, -0.1) is 0 Å². The molecule has 0 saturated carbocycles. The Morgan fingerprint density at radius 1 is 1.24 bits per heavy atom. The normalized spacial score (nSPS) is 20.4. The molecule has 1 fully saturated rings. The van der Waals surface area contributed by atoms with Gasteiger partial charge in [0, 0.05) is 6.07 Å². The Balaban J connectivity index is 2.13. The summed E-state index contributed by atoms with van der Waals surface area (Å²) in [5.41, 5.74) is 1.88. The molecule has 2 rings (SSSR count). The fourth-order valence-electron chi connectivity index (χ4n) is 2.53. The minimum Gasteiger partial charge on any atom is -0.508 e. The van der Waals surface area contributed by atoms with Crippen LogP contribution < -0.4 is 5.32 Å². The van der Waals surface area contributed by atoms with E-state index in [1.54, 1.807) is 0 Å². The summed E-state index contributed by atoms with van der Waals surface area (Å²) in [7, 11) is 0. The SMILES string of the molecule is CCc1cc(CC2CCCNC2)c(O)cc1O. The second kappa shape index (κ2) is 5.41. The second-order valence-electron chi connectivity index (χ2n) is 4.88. The third-order valence-electron chi connectivity index (χ3n) is 3.57. The van der Waals surface area contributed by atoms with Crippen LogP contribution in [0.2, 0.25) is 0 Å². The number of hydrogen-bond acceptors (Lipinski definition) is 3. The van der Waals surface area contributed by atoms with Gasteiger partial charge in [0.2, 0.25) is 0 Å². The van der Waals surface area contributed by atoms with Crippen LogP contribution in [0.15, 0.2) is 12.1 Å². The number of hydrogen-bond donors (Lipinski definition) is 3. The monoisotopic (exact) mass is 235 g/mol. The molecule has 0 bridgehead atoms. The van der Waals surface area contributed by atoms with Gasteiger partial charge in [-0.1, -0.05) is 6.92 Å². The first-order valence-electron chi connectivity index (χ1n) is 6.45. The Bertz CT molecular complexity index is 384. The number of piperidine rings is 1. The molecule has 3 N–H and O–H groups in total. The maximum absolute atomic E-state index is 9.86. The highest BCUT2D eigenvalue weighted by atomic mass is 16.3. The molecular weight excluding hydrogens is 214 g/mol. The van der Waals surface area contributed by atoms with Gasteiger partial charge in [-0.2, -0.15) is 0 Å². The van der Waals surface area contributed by atoms with Crippen molar-refractivity contribution in [2.75, 3.05) is 13.1 Å². The molecule has 3 nitrogen and oxygen atoms in total. The second-order valence-corrected chi connectivity index (χ2v) is 4.88. The van der Waals surface area contributed by atoms with Crippen molar-refractivity contribution in [2.24, 2.45) is 5.92 Å². The van der Waals surface area contributed by atoms with Crippen molar-refractivity contribution in [1.29, 1.82) is 0 Å². The lowest BCUT2D eigenvalue weighted by Gasteiger charge is -2.23. The van der Waals surface area contributed by atoms with Crippen LogP contribution in [0.25, 0.3) is 0 Å². The van der Waals surface area contributed by atoms with Crippen LogP contribution in [0.4, 0.5) is 0 Å². The highest BCUT2D eigenvalue weighted by molar-refractivity contribution is 5.45. The molecule has 0 spiro atoms. The molecule has 0 aromatic heterocycles. The topological polar surface area (TPSA) is 52.5 Å². The molecule has 0 aliphatic carbocycles. The first-order chi connectivity index (χ1) is 8.20. The van der Waals surface area contributed by atoms with E-state index in [1.807, 2.05) is 13.0 Å². The van der Waals surface area contributed by atoms with Gasteiger partial charge in [0.15, 0.2) is 0 Å². The quantitative estimate of drug-likeness (QED) is 0.753. The van der Waals surface area contributed by atoms with Gasteiger partial charge in [-0.3, -0.25) is 0 Å². The predicted molar refractivity (Wildman–Crippen MR) is 68.4 cm³/mol. The third-order valence-corrected chi connectivity index (χ3v) is 3.57. The first kappa shape index (κ1) is 12.2. The van der Waals surface area contributed by atoms with Crippen molar-refractivity contribution in [2.45, 2.75) is 32.6 Å². The summed E-state index contributed by atoms with van der Waals surface area (Å²) in [6, 6.07) is 3.42. The Labute approximate surface area is 102 Å². The van der Waals surface area contributed by atoms with Crippen LogP contribution in [0.5, 0.6) is 11.5 Å². The van der Waals surface area contributed by atoms with Gasteiger partial charge < -0.3 is 15.5 Å². The summed E-state index contributed by atoms with van der Waals surface area (Å²) in [6.45, 7) is 4.15. The molecular formula is C14H21NO2. The van der Waals surface area contributed by atoms with Crippen LogP contribution in [0.3, 0.4) is 0 Å². The smallest absolute Gasteiger partial charge is 0.122 e. The first-order valence-corrected chi connectivity index (χ1v) is 6.45. The molecule has 1 aliphatic rings. The molecule has 94 valence electrons. The largest absolute Gasteiger partial charge is 0.508 e. The molecule has 1 atom stereocenters. The summed E-state index contributed by atoms with van der Waals surface area (Å²) in [4.78, 5) is 0. The maximum atomic E-state index is 9.86. The summed E-state index contributed by atoms with van der Waals surface area (Å²) in [6.07, 6.45) is 4.12. The lowest BCUT2D eigenvalue weighted by Crippen LogP contribution is -2.30. The zero-order valence-electron chi connectivity index (χ0n) is 10.4. The minimum atomic E-state index is 0.204. The standard InChI is InChI=1S/C14H21NO2/c1-2-11-7-12(14(17)8-13(11)16)6-10-4-3-5-15-9-10/h7-8,10,15-17H,2-6,9H2,1H3. The molecule has 3 heteroatoms. The van der Waals surface area contributed by atoms with Crippen LogP contribution in [-0.4, -0.2) is 23.3 Å². The number of benzene rings is 1. The summed E-state index contributed by atoms with van der Waals surface area (Å²) < 4.78 is 0. The molecule has 17 heavy (non-hydrogen) atoms. The summed E-state index contributed by atoms with van der Waals surface area (Å²) in [5, 5.41) is 22.9. The number of aryl methyl sites for hydroxylation is 1. The molecule has 1 heterocycles. The van der Waals surface area contributed by atoms with Gasteiger partial charge >= 0.3 is 0 Å². The summed E-state index contributed by atoms with van der Waals surface area (Å²) >= 11 is 0. The Hall–Kier alpha value is -1.22. The predicted octanol–water partition coefficient (Wildman–Crippen LogP) is 2.20. The molecule has 1 saturated heterocycles. The molecule has 1 aromatic carbocycles. The van der Waals surface area contributed by atoms with Crippen molar-refractivity contribution in [3.63, 3.8) is 0 Å². The van der Waals surface area contributed by atoms with Crippen molar-refractivity contribution in [3.05, 3.63) is 23.3 Å². The average Bonchev–Trinajstić information content (AvgIpc) is 2.34. The van der Waals surface area contributed by atoms with Crippen molar-refractivity contribution < 1.29 is 10.2 Å². The molecule has 0 radical (unpaired) electrons. The van der Waals surface area contributed by atoms with Gasteiger partial charge in [0.05, 0.1) is 0 Å². The fraction of sp³-hybridized carbons (Fsp3) is 0.571. The molecule has 1 unspecified atom stereocenters. The van der Waals surface area contributed by atoms with Crippen molar-refractivity contribution in [3.8, 4) is 11.5 Å². The van der Waals surface area contributed by atoms with Crippen LogP contribution >= 0.6 is 0 Å². The average molecular weight is 235 g/mol. The van der Waals surface area contributed by atoms with Crippen LogP contribution in [-0.2, 0) is 12.8 Å². The Morgan fingerprint density at radius 2 is 2.00 bits per heavy atom. The Kier molecular flexibility index (Phi) is 3.89. The number of aromatic hydroxyl groups is 2. The fourth-order valence-corrected chi connectivity index (χ4v) is 2.53. The maximum Gasteiger partial charge on any atom is 0.122 e. The van der Waals surface area contributed by atoms with Gasteiger partial charge in [-0.05, 0) is 61.9 Å². The lowest BCUT2D eigenvalue weighted by atomic mass is 9.91. The number of phenols is 2. The number of nitrogens with one attached hydrogen (secondary N) is 1. The molecule has 1 aromatic rings.